The van der Waals surface area contributed by atoms with Gasteiger partial charge in [-0.1, -0.05) is 96.2 Å². The van der Waals surface area contributed by atoms with Gasteiger partial charge in [-0.25, -0.2) is 9.97 Å². The van der Waals surface area contributed by atoms with Crippen molar-refractivity contribution in [3.05, 3.63) is 117 Å². The topological polar surface area (TPSA) is 51.8 Å². The summed E-state index contributed by atoms with van der Waals surface area (Å²) >= 11 is 11.4. The second-order valence-corrected chi connectivity index (χ2v) is 12.2. The molecule has 0 radical (unpaired) electrons. The maximum Gasteiger partial charge on any atom is 0.191 e. The van der Waals surface area contributed by atoms with Crippen LogP contribution in [0.15, 0.2) is 90.1 Å². The molecule has 2 aromatic heterocycles. The number of nitrogens with two attached hydrogens (primary N) is 1. The fourth-order valence-corrected chi connectivity index (χ4v) is 8.48. The van der Waals surface area contributed by atoms with Crippen LogP contribution in [0.3, 0.4) is 0 Å². The number of aromatic nitrogens is 2. The molecule has 0 fully saturated rings. The van der Waals surface area contributed by atoms with E-state index in [0.29, 0.717) is 16.2 Å². The lowest BCUT2D eigenvalue weighted by Crippen LogP contribution is -2.12. The number of benzene rings is 3. The molecule has 0 amide bonds. The lowest BCUT2D eigenvalue weighted by Gasteiger charge is -2.30. The molecular weight excluding hydrogens is 510 g/mol. The molecule has 3 aromatic carbocycles. The van der Waals surface area contributed by atoms with Crippen LogP contribution in [0.1, 0.15) is 37.6 Å². The molecule has 1 aliphatic rings. The summed E-state index contributed by atoms with van der Waals surface area (Å²) in [4.78, 5) is 12.0. The Kier molecular flexibility index (Phi) is 6.46. The van der Waals surface area contributed by atoms with Gasteiger partial charge in [0, 0.05) is 20.9 Å². The standard InChI is InChI=1S/C28H22ClN3S3/c29-20-13-11-17(12-14-20)16-33-28-31-26(30)23-21-15-22(18-7-3-1-4-8-18)34-24(19-9-5-2-6-10-19)25(21)35-27(23)32-28/h1-14,22,24H,15-16H2,(H2,30,31,32)/t22-,24-/m0/s1. The molecule has 6 rings (SSSR count). The Hall–Kier alpha value is -2.51. The summed E-state index contributed by atoms with van der Waals surface area (Å²) in [7, 11) is 0. The van der Waals surface area contributed by atoms with Crippen LogP contribution in [0.4, 0.5) is 5.82 Å². The molecule has 0 saturated carbocycles. The number of anilines is 1. The van der Waals surface area contributed by atoms with Crippen molar-refractivity contribution < 1.29 is 0 Å². The largest absolute Gasteiger partial charge is 0.383 e. The Morgan fingerprint density at radius 1 is 0.886 bits per heavy atom. The summed E-state index contributed by atoms with van der Waals surface area (Å²) in [6.07, 6.45) is 0.929. The molecule has 0 aliphatic carbocycles. The van der Waals surface area contributed by atoms with E-state index in [-0.39, 0.29) is 5.25 Å². The van der Waals surface area contributed by atoms with Crippen LogP contribution in [0.2, 0.25) is 5.02 Å². The molecule has 3 nitrogen and oxygen atoms in total. The van der Waals surface area contributed by atoms with Crippen LogP contribution in [0, 0.1) is 0 Å². The second kappa shape index (κ2) is 9.86. The van der Waals surface area contributed by atoms with Crippen LogP contribution in [-0.4, -0.2) is 9.97 Å². The summed E-state index contributed by atoms with van der Waals surface area (Å²) in [5, 5.41) is 3.08. The number of halogens is 1. The third-order valence-corrected chi connectivity index (χ3v) is 10.2. The van der Waals surface area contributed by atoms with Crippen LogP contribution >= 0.6 is 46.5 Å². The Labute approximate surface area is 222 Å². The van der Waals surface area contributed by atoms with Gasteiger partial charge in [0.2, 0.25) is 0 Å². The first kappa shape index (κ1) is 22.9. The van der Waals surface area contributed by atoms with E-state index in [4.69, 9.17) is 27.3 Å². The minimum atomic E-state index is 0.244. The highest BCUT2D eigenvalue weighted by molar-refractivity contribution is 8.00. The molecule has 2 atom stereocenters. The van der Waals surface area contributed by atoms with Gasteiger partial charge in [-0.3, -0.25) is 0 Å². The molecule has 5 aromatic rings. The minimum absolute atomic E-state index is 0.244. The molecule has 0 saturated heterocycles. The zero-order valence-electron chi connectivity index (χ0n) is 18.7. The van der Waals surface area contributed by atoms with Crippen LogP contribution in [-0.2, 0) is 12.2 Å². The average molecular weight is 532 g/mol. The Bertz CT molecular complexity index is 1470. The number of thioether (sulfide) groups is 2. The van der Waals surface area contributed by atoms with Crippen LogP contribution in [0.25, 0.3) is 10.2 Å². The zero-order chi connectivity index (χ0) is 23.8. The molecule has 0 unspecified atom stereocenters. The SMILES string of the molecule is Nc1nc(SCc2ccc(Cl)cc2)nc2sc3c(c12)C[C@@H](c1ccccc1)S[C@H]3c1ccccc1. The molecule has 174 valence electrons. The highest BCUT2D eigenvalue weighted by Gasteiger charge is 2.34. The molecule has 7 heteroatoms. The van der Waals surface area contributed by atoms with Gasteiger partial charge in [-0.2, -0.15) is 0 Å². The van der Waals surface area contributed by atoms with Crippen molar-refractivity contribution in [2.75, 3.05) is 5.73 Å². The second-order valence-electron chi connectivity index (χ2n) is 8.46. The highest BCUT2D eigenvalue weighted by atomic mass is 35.5. The monoisotopic (exact) mass is 531 g/mol. The van der Waals surface area contributed by atoms with Gasteiger partial charge < -0.3 is 5.73 Å². The first-order chi connectivity index (χ1) is 17.2. The predicted molar refractivity (Wildman–Crippen MR) is 152 cm³/mol. The van der Waals surface area contributed by atoms with Gasteiger partial charge in [0.1, 0.15) is 10.6 Å². The van der Waals surface area contributed by atoms with Gasteiger partial charge >= 0.3 is 0 Å². The van der Waals surface area contributed by atoms with E-state index in [0.717, 1.165) is 27.4 Å². The van der Waals surface area contributed by atoms with Crippen molar-refractivity contribution in [3.8, 4) is 0 Å². The van der Waals surface area contributed by atoms with Crippen molar-refractivity contribution in [1.29, 1.82) is 0 Å². The van der Waals surface area contributed by atoms with Crippen molar-refractivity contribution >= 4 is 62.5 Å². The van der Waals surface area contributed by atoms with Crippen molar-refractivity contribution in [2.24, 2.45) is 0 Å². The molecule has 0 bridgehead atoms. The van der Waals surface area contributed by atoms with Crippen molar-refractivity contribution in [3.63, 3.8) is 0 Å². The molecule has 3 heterocycles. The van der Waals surface area contributed by atoms with Gasteiger partial charge in [0.05, 0.1) is 10.6 Å². The van der Waals surface area contributed by atoms with Crippen LogP contribution in [0.5, 0.6) is 0 Å². The number of nitrogen functional groups attached to an aromatic ring is 1. The summed E-state index contributed by atoms with van der Waals surface area (Å²) in [5.74, 6) is 1.35. The summed E-state index contributed by atoms with van der Waals surface area (Å²) in [5.41, 5.74) is 11.7. The Balaban J connectivity index is 1.39. The average Bonchev–Trinajstić information content (AvgIpc) is 3.28. The quantitative estimate of drug-likeness (QED) is 0.182. The van der Waals surface area contributed by atoms with E-state index in [9.17, 15) is 0 Å². The molecule has 2 N–H and O–H groups in total. The molecule has 0 spiro atoms. The Morgan fingerprint density at radius 2 is 1.57 bits per heavy atom. The maximum atomic E-state index is 6.60. The van der Waals surface area contributed by atoms with E-state index in [1.165, 1.54) is 27.1 Å². The summed E-state index contributed by atoms with van der Waals surface area (Å²) < 4.78 is 0. The van der Waals surface area contributed by atoms with Gasteiger partial charge in [0.25, 0.3) is 0 Å². The normalized spacial score (nSPS) is 17.4. The smallest absolute Gasteiger partial charge is 0.191 e. The van der Waals surface area contributed by atoms with Gasteiger partial charge in [0.15, 0.2) is 5.16 Å². The zero-order valence-corrected chi connectivity index (χ0v) is 21.9. The number of hydrogen-bond acceptors (Lipinski definition) is 6. The van der Waals surface area contributed by atoms with Crippen LogP contribution < -0.4 is 5.73 Å². The van der Waals surface area contributed by atoms with Crippen molar-refractivity contribution in [2.45, 2.75) is 27.8 Å². The lowest BCUT2D eigenvalue weighted by atomic mass is 9.98. The number of nitrogens with zero attached hydrogens (tertiary/aromatic N) is 2. The van der Waals surface area contributed by atoms with E-state index < -0.39 is 0 Å². The fraction of sp³-hybridized carbons (Fsp3) is 0.143. The Morgan fingerprint density at radius 3 is 2.29 bits per heavy atom. The third-order valence-electron chi connectivity index (χ3n) is 6.17. The molecule has 35 heavy (non-hydrogen) atoms. The number of rotatable bonds is 5. The van der Waals surface area contributed by atoms with E-state index >= 15 is 0 Å². The molecule has 1 aliphatic heterocycles. The molecular formula is C28H22ClN3S3. The lowest BCUT2D eigenvalue weighted by molar-refractivity contribution is 0.893. The first-order valence-corrected chi connectivity index (χ1v) is 14.5. The van der Waals surface area contributed by atoms with Crippen molar-refractivity contribution in [1.82, 2.24) is 9.97 Å². The number of hydrogen-bond donors (Lipinski definition) is 1. The van der Waals surface area contributed by atoms with E-state index in [2.05, 4.69) is 60.7 Å². The summed E-state index contributed by atoms with van der Waals surface area (Å²) in [6.45, 7) is 0. The maximum absolute atomic E-state index is 6.60. The van der Waals surface area contributed by atoms with E-state index in [1.807, 2.05) is 36.0 Å². The highest BCUT2D eigenvalue weighted by Crippen LogP contribution is 2.55. The fourth-order valence-electron chi connectivity index (χ4n) is 4.47. The van der Waals surface area contributed by atoms with E-state index in [1.54, 1.807) is 23.1 Å². The summed E-state index contributed by atoms with van der Waals surface area (Å²) in [6, 6.07) is 29.4. The minimum Gasteiger partial charge on any atom is -0.383 e. The number of thiophene rings is 1. The third kappa shape index (κ3) is 4.68. The number of fused-ring (bicyclic) bond motifs is 3. The van der Waals surface area contributed by atoms with Gasteiger partial charge in [-0.15, -0.1) is 23.1 Å². The van der Waals surface area contributed by atoms with Gasteiger partial charge in [-0.05, 0) is 40.8 Å². The predicted octanol–water partition coefficient (Wildman–Crippen LogP) is 8.34. The first-order valence-electron chi connectivity index (χ1n) is 11.4.